The third-order valence-electron chi connectivity index (χ3n) is 4.48. The zero-order valence-electron chi connectivity index (χ0n) is 15.1. The van der Waals surface area contributed by atoms with E-state index in [4.69, 9.17) is 11.6 Å². The molecule has 0 atom stereocenters. The number of fused-ring (bicyclic) bond motifs is 1. The van der Waals surface area contributed by atoms with Crippen molar-refractivity contribution in [2.75, 3.05) is 16.8 Å². The van der Waals surface area contributed by atoms with E-state index in [1.165, 1.54) is 6.42 Å². The van der Waals surface area contributed by atoms with Gasteiger partial charge in [-0.25, -0.2) is 0 Å². The Hall–Kier alpha value is -1.53. The smallest absolute Gasteiger partial charge is 0.234 e. The Bertz CT molecular complexity index is 762. The van der Waals surface area contributed by atoms with E-state index in [1.807, 2.05) is 18.2 Å². The molecule has 0 saturated heterocycles. The summed E-state index contributed by atoms with van der Waals surface area (Å²) in [6.45, 7) is 3.07. The van der Waals surface area contributed by atoms with Gasteiger partial charge in [-0.05, 0) is 43.2 Å². The molecule has 0 unspecified atom stereocenters. The van der Waals surface area contributed by atoms with E-state index in [0.717, 1.165) is 67.3 Å². The summed E-state index contributed by atoms with van der Waals surface area (Å²) < 4.78 is 2.17. The fourth-order valence-electron chi connectivity index (χ4n) is 3.07. The SMILES string of the molecule is CCCCSCC(=O)Nc1ccc(Cl)c(-c2nnc3n2CCCCC3)c1. The summed E-state index contributed by atoms with van der Waals surface area (Å²) in [6, 6.07) is 5.55. The number of carbonyl (C=O) groups is 1. The summed E-state index contributed by atoms with van der Waals surface area (Å²) in [4.78, 5) is 12.1. The first kappa shape index (κ1) is 19.2. The Morgan fingerprint density at radius 2 is 2.19 bits per heavy atom. The Balaban J connectivity index is 1.74. The molecule has 2 aromatic rings. The minimum absolute atomic E-state index is 0.0134. The monoisotopic (exact) mass is 392 g/mol. The fourth-order valence-corrected chi connectivity index (χ4v) is 4.16. The molecule has 0 aliphatic carbocycles. The van der Waals surface area contributed by atoms with Crippen LogP contribution in [0.3, 0.4) is 0 Å². The molecule has 1 aliphatic rings. The van der Waals surface area contributed by atoms with E-state index >= 15 is 0 Å². The Morgan fingerprint density at radius 1 is 1.31 bits per heavy atom. The number of benzene rings is 1. The van der Waals surface area contributed by atoms with Crippen LogP contribution < -0.4 is 5.32 Å². The third kappa shape index (κ3) is 4.80. The highest BCUT2D eigenvalue weighted by Crippen LogP contribution is 2.31. The molecular weight excluding hydrogens is 368 g/mol. The van der Waals surface area contributed by atoms with Crippen molar-refractivity contribution in [3.63, 3.8) is 0 Å². The molecule has 26 heavy (non-hydrogen) atoms. The highest BCUT2D eigenvalue weighted by molar-refractivity contribution is 7.99. The number of nitrogens with one attached hydrogen (secondary N) is 1. The summed E-state index contributed by atoms with van der Waals surface area (Å²) in [5, 5.41) is 12.3. The summed E-state index contributed by atoms with van der Waals surface area (Å²) in [5.41, 5.74) is 1.57. The number of hydrogen-bond acceptors (Lipinski definition) is 4. The van der Waals surface area contributed by atoms with Crippen molar-refractivity contribution in [3.05, 3.63) is 29.0 Å². The number of aromatic nitrogens is 3. The number of amides is 1. The largest absolute Gasteiger partial charge is 0.325 e. The molecule has 1 amide bonds. The standard InChI is InChI=1S/C19H25ClN4OS/c1-2-3-11-26-13-18(25)21-14-8-9-16(20)15(12-14)19-23-22-17-7-5-4-6-10-24(17)19/h8-9,12H,2-7,10-11,13H2,1H3,(H,21,25). The van der Waals surface area contributed by atoms with Gasteiger partial charge in [0.05, 0.1) is 10.8 Å². The van der Waals surface area contributed by atoms with E-state index < -0.39 is 0 Å². The first-order valence-electron chi connectivity index (χ1n) is 9.28. The number of unbranched alkanes of at least 4 members (excludes halogenated alkanes) is 1. The summed E-state index contributed by atoms with van der Waals surface area (Å²) in [5.74, 6) is 3.31. The van der Waals surface area contributed by atoms with Crippen molar-refractivity contribution in [2.45, 2.75) is 52.0 Å². The topological polar surface area (TPSA) is 59.8 Å². The third-order valence-corrected chi connectivity index (χ3v) is 5.85. The van der Waals surface area contributed by atoms with Crippen molar-refractivity contribution in [1.29, 1.82) is 0 Å². The van der Waals surface area contributed by atoms with Crippen LogP contribution in [-0.2, 0) is 17.8 Å². The second-order valence-electron chi connectivity index (χ2n) is 6.55. The molecule has 0 fully saturated rings. The van der Waals surface area contributed by atoms with Crippen molar-refractivity contribution < 1.29 is 4.79 Å². The molecule has 0 bridgehead atoms. The first-order valence-corrected chi connectivity index (χ1v) is 10.8. The Labute approximate surface area is 163 Å². The predicted octanol–water partition coefficient (Wildman–Crippen LogP) is 4.80. The zero-order chi connectivity index (χ0) is 18.4. The van der Waals surface area contributed by atoms with Gasteiger partial charge in [-0.3, -0.25) is 4.79 Å². The molecule has 7 heteroatoms. The Kier molecular flexibility index (Phi) is 6.97. The molecule has 2 heterocycles. The Morgan fingerprint density at radius 3 is 3.04 bits per heavy atom. The molecule has 1 aliphatic heterocycles. The number of rotatable bonds is 7. The maximum Gasteiger partial charge on any atom is 0.234 e. The van der Waals surface area contributed by atoms with E-state index in [9.17, 15) is 4.79 Å². The number of carbonyl (C=O) groups excluding carboxylic acids is 1. The molecule has 140 valence electrons. The van der Waals surface area contributed by atoms with Gasteiger partial charge in [0.2, 0.25) is 5.91 Å². The van der Waals surface area contributed by atoms with E-state index in [2.05, 4.69) is 27.0 Å². The molecule has 1 N–H and O–H groups in total. The lowest BCUT2D eigenvalue weighted by molar-refractivity contribution is -0.113. The van der Waals surface area contributed by atoms with Gasteiger partial charge < -0.3 is 9.88 Å². The van der Waals surface area contributed by atoms with E-state index in [0.29, 0.717) is 10.8 Å². The molecule has 3 rings (SSSR count). The molecule has 0 spiro atoms. The zero-order valence-corrected chi connectivity index (χ0v) is 16.7. The van der Waals surface area contributed by atoms with Crippen molar-refractivity contribution in [2.24, 2.45) is 0 Å². The lowest BCUT2D eigenvalue weighted by Gasteiger charge is -2.11. The lowest BCUT2D eigenvalue weighted by atomic mass is 10.1. The summed E-state index contributed by atoms with van der Waals surface area (Å²) >= 11 is 8.09. The number of hydrogen-bond donors (Lipinski definition) is 1. The van der Waals surface area contributed by atoms with Crippen LogP contribution in [0, 0.1) is 0 Å². The second-order valence-corrected chi connectivity index (χ2v) is 8.06. The quantitative estimate of drug-likeness (QED) is 0.687. The highest BCUT2D eigenvalue weighted by Gasteiger charge is 2.18. The number of nitrogens with zero attached hydrogens (tertiary/aromatic N) is 3. The summed E-state index contributed by atoms with van der Waals surface area (Å²) in [7, 11) is 0. The summed E-state index contributed by atoms with van der Waals surface area (Å²) in [6.07, 6.45) is 6.73. The molecule has 5 nitrogen and oxygen atoms in total. The van der Waals surface area contributed by atoms with E-state index in [1.54, 1.807) is 11.8 Å². The maximum atomic E-state index is 12.1. The average molecular weight is 393 g/mol. The number of aryl methyl sites for hydroxylation is 1. The molecule has 1 aromatic carbocycles. The lowest BCUT2D eigenvalue weighted by Crippen LogP contribution is -2.14. The van der Waals surface area contributed by atoms with Crippen LogP contribution in [0.5, 0.6) is 0 Å². The van der Waals surface area contributed by atoms with Gasteiger partial charge in [-0.2, -0.15) is 11.8 Å². The van der Waals surface area contributed by atoms with Crippen molar-refractivity contribution >= 4 is 35.0 Å². The fraction of sp³-hybridized carbons (Fsp3) is 0.526. The second kappa shape index (κ2) is 9.42. The number of thioether (sulfide) groups is 1. The van der Waals surface area contributed by atoms with Crippen LogP contribution in [-0.4, -0.2) is 32.2 Å². The van der Waals surface area contributed by atoms with Crippen molar-refractivity contribution in [1.82, 2.24) is 14.8 Å². The highest BCUT2D eigenvalue weighted by atomic mass is 35.5. The van der Waals surface area contributed by atoms with Gasteiger partial charge in [-0.1, -0.05) is 31.4 Å². The molecule has 0 saturated carbocycles. The van der Waals surface area contributed by atoms with Gasteiger partial charge in [0.1, 0.15) is 5.82 Å². The number of halogens is 1. The van der Waals surface area contributed by atoms with Crippen LogP contribution in [0.15, 0.2) is 18.2 Å². The minimum atomic E-state index is 0.0134. The van der Waals surface area contributed by atoms with Crippen LogP contribution in [0.4, 0.5) is 5.69 Å². The van der Waals surface area contributed by atoms with Crippen LogP contribution in [0.25, 0.3) is 11.4 Å². The van der Waals surface area contributed by atoms with Gasteiger partial charge in [0.15, 0.2) is 5.82 Å². The van der Waals surface area contributed by atoms with Crippen molar-refractivity contribution in [3.8, 4) is 11.4 Å². The van der Waals surface area contributed by atoms with Crippen LogP contribution in [0.2, 0.25) is 5.02 Å². The van der Waals surface area contributed by atoms with Gasteiger partial charge in [0, 0.05) is 24.2 Å². The first-order chi connectivity index (χ1) is 12.7. The molecule has 0 radical (unpaired) electrons. The molecular formula is C19H25ClN4OS. The van der Waals surface area contributed by atoms with Crippen LogP contribution >= 0.6 is 23.4 Å². The van der Waals surface area contributed by atoms with Gasteiger partial charge >= 0.3 is 0 Å². The maximum absolute atomic E-state index is 12.1. The van der Waals surface area contributed by atoms with Crippen LogP contribution in [0.1, 0.15) is 44.9 Å². The van der Waals surface area contributed by atoms with Gasteiger partial charge in [-0.15, -0.1) is 10.2 Å². The van der Waals surface area contributed by atoms with E-state index in [-0.39, 0.29) is 5.91 Å². The normalized spacial score (nSPS) is 13.9. The molecule has 1 aromatic heterocycles. The van der Waals surface area contributed by atoms with Gasteiger partial charge in [0.25, 0.3) is 0 Å². The predicted molar refractivity (Wildman–Crippen MR) is 109 cm³/mol. The average Bonchev–Trinajstić information content (AvgIpc) is 2.88. The number of anilines is 1. The minimum Gasteiger partial charge on any atom is -0.325 e.